The Hall–Kier alpha value is -4.32. The van der Waals surface area contributed by atoms with Crippen molar-refractivity contribution < 1.29 is 37.4 Å². The number of aromatic nitrogens is 1. The zero-order valence-electron chi connectivity index (χ0n) is 19.5. The fourth-order valence-corrected chi connectivity index (χ4v) is 2.81. The van der Waals surface area contributed by atoms with Crippen LogP contribution in [0, 0.1) is 0 Å². The Morgan fingerprint density at radius 3 is 2.14 bits per heavy atom. The number of aliphatic carboxylic acids is 1. The number of hydrogen-bond acceptors (Lipinski definition) is 5. The summed E-state index contributed by atoms with van der Waals surface area (Å²) in [5, 5.41) is 14.5. The maximum absolute atomic E-state index is 12.9. The standard InChI is InChI=1S/C21H16ClF3N4O3.C3H6O2/c1-26-19(30)18-11-15(8-9-27-18)32-14-5-2-12(3-6-14)28-20(31)29-13-4-7-17(22)16(10-13)21(23,24)25;1-2-3(4)5/h2-11H,1H3,(H,26,30)(H2,28,29,31);2H2,1H3,(H,4,5). The van der Waals surface area contributed by atoms with E-state index >= 15 is 0 Å². The van der Waals surface area contributed by atoms with Crippen molar-refractivity contribution in [1.29, 1.82) is 0 Å². The normalized spacial score (nSPS) is 10.4. The second kappa shape index (κ2) is 13.1. The van der Waals surface area contributed by atoms with Crippen molar-refractivity contribution in [1.82, 2.24) is 10.3 Å². The lowest BCUT2D eigenvalue weighted by molar-refractivity contribution is -0.138. The average Bonchev–Trinajstić information content (AvgIpc) is 2.85. The third-order valence-electron chi connectivity index (χ3n) is 4.37. The molecule has 0 fully saturated rings. The summed E-state index contributed by atoms with van der Waals surface area (Å²) in [5.74, 6) is -0.285. The van der Waals surface area contributed by atoms with E-state index in [0.29, 0.717) is 17.2 Å². The van der Waals surface area contributed by atoms with E-state index in [9.17, 15) is 27.6 Å². The van der Waals surface area contributed by atoms with E-state index in [2.05, 4.69) is 20.9 Å². The van der Waals surface area contributed by atoms with Gasteiger partial charge in [-0.1, -0.05) is 18.5 Å². The molecule has 13 heteroatoms. The van der Waals surface area contributed by atoms with Gasteiger partial charge >= 0.3 is 18.2 Å². The third-order valence-corrected chi connectivity index (χ3v) is 4.70. The summed E-state index contributed by atoms with van der Waals surface area (Å²) in [7, 11) is 1.49. The van der Waals surface area contributed by atoms with Crippen molar-refractivity contribution in [2.75, 3.05) is 17.7 Å². The molecule has 0 bridgehead atoms. The molecule has 1 heterocycles. The summed E-state index contributed by atoms with van der Waals surface area (Å²) in [6.07, 6.45) is -2.99. The molecule has 0 unspecified atom stereocenters. The van der Waals surface area contributed by atoms with Crippen molar-refractivity contribution in [3.05, 3.63) is 77.1 Å². The molecule has 3 amide bonds. The fraction of sp³-hybridized carbons (Fsp3) is 0.167. The summed E-state index contributed by atoms with van der Waals surface area (Å²) in [4.78, 5) is 37.1. The van der Waals surface area contributed by atoms with E-state index in [-0.39, 0.29) is 23.7 Å². The Morgan fingerprint density at radius 2 is 1.57 bits per heavy atom. The SMILES string of the molecule is CCC(=O)O.CNC(=O)c1cc(Oc2ccc(NC(=O)Nc3ccc(Cl)c(C(F)(F)F)c3)cc2)ccn1. The highest BCUT2D eigenvalue weighted by Gasteiger charge is 2.33. The van der Waals surface area contributed by atoms with E-state index in [4.69, 9.17) is 21.4 Å². The molecule has 0 atom stereocenters. The molecule has 2 aromatic carbocycles. The van der Waals surface area contributed by atoms with Crippen LogP contribution in [0.3, 0.4) is 0 Å². The molecular weight excluding hydrogens is 517 g/mol. The van der Waals surface area contributed by atoms with E-state index in [1.807, 2.05) is 0 Å². The highest BCUT2D eigenvalue weighted by molar-refractivity contribution is 6.31. The van der Waals surface area contributed by atoms with Gasteiger partial charge in [0.15, 0.2) is 0 Å². The molecule has 0 saturated carbocycles. The van der Waals surface area contributed by atoms with Crippen LogP contribution < -0.4 is 20.7 Å². The Labute approximate surface area is 214 Å². The van der Waals surface area contributed by atoms with Gasteiger partial charge in [0.2, 0.25) is 0 Å². The van der Waals surface area contributed by atoms with Crippen LogP contribution in [0.2, 0.25) is 5.02 Å². The van der Waals surface area contributed by atoms with Crippen LogP contribution in [0.4, 0.5) is 29.3 Å². The van der Waals surface area contributed by atoms with Crippen LogP contribution in [0.5, 0.6) is 11.5 Å². The maximum Gasteiger partial charge on any atom is 0.417 e. The predicted octanol–water partition coefficient (Wildman–Crippen LogP) is 6.03. The first kappa shape index (κ1) is 28.9. The molecule has 0 saturated heterocycles. The van der Waals surface area contributed by atoms with Crippen molar-refractivity contribution in [3.8, 4) is 11.5 Å². The number of carboxylic acids is 1. The molecule has 0 spiro atoms. The Kier molecular flexibility index (Phi) is 10.3. The second-order valence-corrected chi connectivity index (χ2v) is 7.51. The molecule has 0 aliphatic heterocycles. The van der Waals surface area contributed by atoms with Crippen LogP contribution in [0.25, 0.3) is 0 Å². The number of hydrogen-bond donors (Lipinski definition) is 4. The fourth-order valence-electron chi connectivity index (χ4n) is 2.58. The van der Waals surface area contributed by atoms with Gasteiger partial charge < -0.3 is 25.8 Å². The van der Waals surface area contributed by atoms with Gasteiger partial charge in [0.05, 0.1) is 10.6 Å². The van der Waals surface area contributed by atoms with E-state index in [1.165, 1.54) is 25.4 Å². The number of nitrogens with zero attached hydrogens (tertiary/aromatic N) is 1. The van der Waals surface area contributed by atoms with Gasteiger partial charge in [0.25, 0.3) is 5.91 Å². The van der Waals surface area contributed by atoms with Crippen LogP contribution in [-0.4, -0.2) is 35.0 Å². The summed E-state index contributed by atoms with van der Waals surface area (Å²) in [6.45, 7) is 1.60. The van der Waals surface area contributed by atoms with E-state index in [0.717, 1.165) is 12.1 Å². The number of benzene rings is 2. The van der Waals surface area contributed by atoms with Gasteiger partial charge in [-0.05, 0) is 48.5 Å². The van der Waals surface area contributed by atoms with Crippen LogP contribution in [-0.2, 0) is 11.0 Å². The van der Waals surface area contributed by atoms with Crippen molar-refractivity contribution in [2.45, 2.75) is 19.5 Å². The van der Waals surface area contributed by atoms with Gasteiger partial charge in [-0.3, -0.25) is 14.6 Å². The molecule has 1 aromatic heterocycles. The van der Waals surface area contributed by atoms with Gasteiger partial charge in [-0.25, -0.2) is 4.79 Å². The smallest absolute Gasteiger partial charge is 0.417 e. The monoisotopic (exact) mass is 538 g/mol. The highest BCUT2D eigenvalue weighted by Crippen LogP contribution is 2.36. The number of ether oxygens (including phenoxy) is 1. The number of urea groups is 1. The lowest BCUT2D eigenvalue weighted by Crippen LogP contribution is -2.19. The van der Waals surface area contributed by atoms with Gasteiger partial charge in [0.1, 0.15) is 17.2 Å². The molecule has 3 aromatic rings. The summed E-state index contributed by atoms with van der Waals surface area (Å²) >= 11 is 5.57. The predicted molar refractivity (Wildman–Crippen MR) is 131 cm³/mol. The minimum Gasteiger partial charge on any atom is -0.481 e. The summed E-state index contributed by atoms with van der Waals surface area (Å²) in [5.41, 5.74) is -0.547. The number of alkyl halides is 3. The summed E-state index contributed by atoms with van der Waals surface area (Å²) < 4.78 is 44.5. The molecule has 0 aliphatic carbocycles. The number of amides is 3. The van der Waals surface area contributed by atoms with Crippen molar-refractivity contribution in [2.24, 2.45) is 0 Å². The largest absolute Gasteiger partial charge is 0.481 e. The van der Waals surface area contributed by atoms with Crippen molar-refractivity contribution in [3.63, 3.8) is 0 Å². The first-order chi connectivity index (χ1) is 17.4. The average molecular weight is 539 g/mol. The van der Waals surface area contributed by atoms with Gasteiger partial charge in [0, 0.05) is 37.1 Å². The molecule has 0 aliphatic rings. The molecule has 196 valence electrons. The van der Waals surface area contributed by atoms with Crippen LogP contribution in [0.1, 0.15) is 29.4 Å². The van der Waals surface area contributed by atoms with E-state index in [1.54, 1.807) is 37.3 Å². The first-order valence-corrected chi connectivity index (χ1v) is 10.9. The topological polar surface area (TPSA) is 130 Å². The number of rotatable bonds is 6. The van der Waals surface area contributed by atoms with Gasteiger partial charge in [-0.15, -0.1) is 0 Å². The Morgan fingerprint density at radius 1 is 0.973 bits per heavy atom. The molecule has 0 radical (unpaired) electrons. The lowest BCUT2D eigenvalue weighted by Gasteiger charge is -2.12. The zero-order chi connectivity index (χ0) is 27.6. The number of anilines is 2. The lowest BCUT2D eigenvalue weighted by atomic mass is 10.2. The van der Waals surface area contributed by atoms with Crippen LogP contribution >= 0.6 is 11.6 Å². The maximum atomic E-state index is 12.9. The number of carbonyl (C=O) groups is 3. The summed E-state index contributed by atoms with van der Waals surface area (Å²) in [6, 6.07) is 11.6. The number of pyridine rings is 1. The minimum absolute atomic E-state index is 0.0659. The van der Waals surface area contributed by atoms with Gasteiger partial charge in [-0.2, -0.15) is 13.2 Å². The Bertz CT molecular complexity index is 1250. The molecule has 37 heavy (non-hydrogen) atoms. The van der Waals surface area contributed by atoms with E-state index < -0.39 is 28.8 Å². The van der Waals surface area contributed by atoms with Crippen LogP contribution in [0.15, 0.2) is 60.8 Å². The number of nitrogens with one attached hydrogen (secondary N) is 3. The molecule has 9 nitrogen and oxygen atoms in total. The Balaban J connectivity index is 0.000000877. The highest BCUT2D eigenvalue weighted by atomic mass is 35.5. The number of halogens is 4. The zero-order valence-corrected chi connectivity index (χ0v) is 20.3. The quantitative estimate of drug-likeness (QED) is 0.303. The molecule has 3 rings (SSSR count). The number of carboxylic acid groups (broad SMARTS) is 1. The third kappa shape index (κ3) is 9.33. The first-order valence-electron chi connectivity index (χ1n) is 10.6. The minimum atomic E-state index is -4.64. The van der Waals surface area contributed by atoms with Crippen molar-refractivity contribution >= 4 is 40.9 Å². The molecular formula is C24H22ClF3N4O5. The molecule has 4 N–H and O–H groups in total. The number of carbonyl (C=O) groups excluding carboxylic acids is 2. The second-order valence-electron chi connectivity index (χ2n) is 7.10.